The molecule has 94 valence electrons. The zero-order valence-electron chi connectivity index (χ0n) is 10.7. The van der Waals surface area contributed by atoms with Crippen molar-refractivity contribution >= 4 is 5.91 Å². The molecule has 5 nitrogen and oxygen atoms in total. The Morgan fingerprint density at radius 2 is 2.24 bits per heavy atom. The molecule has 1 rings (SSSR count). The minimum Gasteiger partial charge on any atom is -0.494 e. The largest absolute Gasteiger partial charge is 0.494 e. The molecule has 1 aromatic heterocycles. The zero-order chi connectivity index (χ0) is 13.1. The van der Waals surface area contributed by atoms with Crippen molar-refractivity contribution < 1.29 is 9.53 Å². The van der Waals surface area contributed by atoms with E-state index in [1.54, 1.807) is 12.3 Å². The third kappa shape index (κ3) is 3.17. The maximum absolute atomic E-state index is 12.1. The number of methoxy groups -OCH3 is 1. The number of hydrogen-bond acceptors (Lipinski definition) is 4. The predicted octanol–water partition coefficient (Wildman–Crippen LogP) is 0.946. The number of aromatic nitrogens is 1. The number of nitrogens with one attached hydrogen (secondary N) is 1. The molecule has 1 aromatic rings. The molecule has 0 saturated heterocycles. The second kappa shape index (κ2) is 5.14. The Hall–Kier alpha value is -1.62. The third-order valence-electron chi connectivity index (χ3n) is 2.82. The predicted molar refractivity (Wildman–Crippen MR) is 66.0 cm³/mol. The molecule has 0 bridgehead atoms. The summed E-state index contributed by atoms with van der Waals surface area (Å²) in [6, 6.07) is 1.46. The molecule has 3 N–H and O–H groups in total. The molecule has 0 aliphatic heterocycles. The highest BCUT2D eigenvalue weighted by molar-refractivity contribution is 5.97. The first kappa shape index (κ1) is 13.4. The fraction of sp³-hybridized carbons (Fsp3) is 0.500. The van der Waals surface area contributed by atoms with E-state index >= 15 is 0 Å². The molecule has 1 heterocycles. The molecule has 0 aliphatic rings. The standard InChI is InChI=1S/C12H19N3O2/c1-8(13)12(2,3)15-11(16)9-5-6-14-7-10(9)17-4/h5-8H,13H2,1-4H3,(H,15,16). The van der Waals surface area contributed by atoms with E-state index in [1.807, 2.05) is 20.8 Å². The molecule has 17 heavy (non-hydrogen) atoms. The average molecular weight is 237 g/mol. The van der Waals surface area contributed by atoms with Crippen molar-refractivity contribution in [3.63, 3.8) is 0 Å². The Morgan fingerprint density at radius 1 is 1.59 bits per heavy atom. The average Bonchev–Trinajstić information content (AvgIpc) is 2.28. The maximum atomic E-state index is 12.1. The number of nitrogens with zero attached hydrogens (tertiary/aromatic N) is 1. The Morgan fingerprint density at radius 3 is 2.76 bits per heavy atom. The lowest BCUT2D eigenvalue weighted by Crippen LogP contribution is -2.54. The number of ether oxygens (including phenoxy) is 1. The minimum absolute atomic E-state index is 0.153. The summed E-state index contributed by atoms with van der Waals surface area (Å²) < 4.78 is 5.09. The van der Waals surface area contributed by atoms with Gasteiger partial charge in [-0.1, -0.05) is 0 Å². The van der Waals surface area contributed by atoms with Gasteiger partial charge in [0.1, 0.15) is 5.75 Å². The van der Waals surface area contributed by atoms with Crippen molar-refractivity contribution in [2.75, 3.05) is 7.11 Å². The summed E-state index contributed by atoms with van der Waals surface area (Å²) in [6.07, 6.45) is 3.06. The van der Waals surface area contributed by atoms with Crippen LogP contribution in [0.1, 0.15) is 31.1 Å². The molecule has 1 amide bonds. The molecule has 0 saturated carbocycles. The maximum Gasteiger partial charge on any atom is 0.255 e. The summed E-state index contributed by atoms with van der Waals surface area (Å²) in [5.41, 5.74) is 5.78. The van der Waals surface area contributed by atoms with Gasteiger partial charge >= 0.3 is 0 Å². The molecule has 1 unspecified atom stereocenters. The van der Waals surface area contributed by atoms with Crippen molar-refractivity contribution in [2.24, 2.45) is 5.73 Å². The van der Waals surface area contributed by atoms with E-state index < -0.39 is 5.54 Å². The lowest BCUT2D eigenvalue weighted by atomic mass is 9.96. The number of amides is 1. The lowest BCUT2D eigenvalue weighted by Gasteiger charge is -2.30. The minimum atomic E-state index is -0.481. The van der Waals surface area contributed by atoms with Crippen LogP contribution in [0, 0.1) is 0 Å². The quantitative estimate of drug-likeness (QED) is 0.817. The van der Waals surface area contributed by atoms with Gasteiger partial charge in [-0.15, -0.1) is 0 Å². The summed E-state index contributed by atoms with van der Waals surface area (Å²) in [6.45, 7) is 5.61. The van der Waals surface area contributed by atoms with Crippen LogP contribution in [0.15, 0.2) is 18.5 Å². The molecular formula is C12H19N3O2. The molecule has 0 fully saturated rings. The van der Waals surface area contributed by atoms with Gasteiger partial charge in [-0.25, -0.2) is 0 Å². The van der Waals surface area contributed by atoms with Crippen LogP contribution in [-0.2, 0) is 0 Å². The second-order valence-electron chi connectivity index (χ2n) is 4.54. The fourth-order valence-corrected chi connectivity index (χ4v) is 1.20. The van der Waals surface area contributed by atoms with Crippen LogP contribution in [0.4, 0.5) is 0 Å². The van der Waals surface area contributed by atoms with E-state index in [0.29, 0.717) is 11.3 Å². The van der Waals surface area contributed by atoms with Gasteiger partial charge in [0.15, 0.2) is 0 Å². The molecular weight excluding hydrogens is 218 g/mol. The van der Waals surface area contributed by atoms with Crippen LogP contribution in [0.25, 0.3) is 0 Å². The number of hydrogen-bond donors (Lipinski definition) is 2. The van der Waals surface area contributed by atoms with Crippen molar-refractivity contribution in [1.82, 2.24) is 10.3 Å². The van der Waals surface area contributed by atoms with E-state index in [1.165, 1.54) is 13.3 Å². The van der Waals surface area contributed by atoms with E-state index in [-0.39, 0.29) is 11.9 Å². The molecule has 0 spiro atoms. The Kier molecular flexibility index (Phi) is 4.07. The van der Waals surface area contributed by atoms with Gasteiger partial charge in [0.25, 0.3) is 5.91 Å². The van der Waals surface area contributed by atoms with Crippen LogP contribution in [-0.4, -0.2) is 29.6 Å². The molecule has 0 aliphatic carbocycles. The first-order valence-electron chi connectivity index (χ1n) is 5.44. The Labute approximate surface area is 101 Å². The Balaban J connectivity index is 2.91. The van der Waals surface area contributed by atoms with Crippen LogP contribution in [0.2, 0.25) is 0 Å². The number of carbonyl (C=O) groups excluding carboxylic acids is 1. The third-order valence-corrected chi connectivity index (χ3v) is 2.82. The van der Waals surface area contributed by atoms with Crippen LogP contribution < -0.4 is 15.8 Å². The second-order valence-corrected chi connectivity index (χ2v) is 4.54. The van der Waals surface area contributed by atoms with Crippen LogP contribution >= 0.6 is 0 Å². The zero-order valence-corrected chi connectivity index (χ0v) is 10.7. The van der Waals surface area contributed by atoms with Crippen molar-refractivity contribution in [3.05, 3.63) is 24.0 Å². The number of nitrogens with two attached hydrogens (primary N) is 1. The van der Waals surface area contributed by atoms with Gasteiger partial charge in [-0.2, -0.15) is 0 Å². The first-order valence-corrected chi connectivity index (χ1v) is 5.44. The van der Waals surface area contributed by atoms with Crippen molar-refractivity contribution in [2.45, 2.75) is 32.4 Å². The van der Waals surface area contributed by atoms with E-state index in [2.05, 4.69) is 10.3 Å². The van der Waals surface area contributed by atoms with Gasteiger partial charge < -0.3 is 15.8 Å². The first-order chi connectivity index (χ1) is 7.88. The summed E-state index contributed by atoms with van der Waals surface area (Å²) >= 11 is 0. The van der Waals surface area contributed by atoms with E-state index in [4.69, 9.17) is 10.5 Å². The SMILES string of the molecule is COc1cnccc1C(=O)NC(C)(C)C(C)N. The normalized spacial score (nSPS) is 13.0. The van der Waals surface area contributed by atoms with Crippen LogP contribution in [0.3, 0.4) is 0 Å². The highest BCUT2D eigenvalue weighted by Gasteiger charge is 2.26. The molecule has 0 radical (unpaired) electrons. The summed E-state index contributed by atoms with van der Waals surface area (Å²) in [5.74, 6) is 0.233. The van der Waals surface area contributed by atoms with Gasteiger partial charge in [-0.05, 0) is 26.8 Å². The smallest absolute Gasteiger partial charge is 0.255 e. The highest BCUT2D eigenvalue weighted by Crippen LogP contribution is 2.17. The van der Waals surface area contributed by atoms with Gasteiger partial charge in [0, 0.05) is 17.8 Å². The summed E-state index contributed by atoms with van der Waals surface area (Å²) in [4.78, 5) is 16.0. The summed E-state index contributed by atoms with van der Waals surface area (Å²) in [5, 5.41) is 2.88. The topological polar surface area (TPSA) is 77.2 Å². The van der Waals surface area contributed by atoms with E-state index in [9.17, 15) is 4.79 Å². The number of rotatable bonds is 4. The van der Waals surface area contributed by atoms with Crippen molar-refractivity contribution in [1.29, 1.82) is 0 Å². The van der Waals surface area contributed by atoms with Gasteiger partial charge in [0.05, 0.1) is 18.9 Å². The van der Waals surface area contributed by atoms with Crippen molar-refractivity contribution in [3.8, 4) is 5.75 Å². The lowest BCUT2D eigenvalue weighted by molar-refractivity contribution is 0.0900. The van der Waals surface area contributed by atoms with Crippen LogP contribution in [0.5, 0.6) is 5.75 Å². The Bertz CT molecular complexity index is 402. The monoisotopic (exact) mass is 237 g/mol. The fourth-order valence-electron chi connectivity index (χ4n) is 1.20. The molecule has 0 aromatic carbocycles. The highest BCUT2D eigenvalue weighted by atomic mass is 16.5. The van der Waals surface area contributed by atoms with Gasteiger partial charge in [0.2, 0.25) is 0 Å². The van der Waals surface area contributed by atoms with E-state index in [0.717, 1.165) is 0 Å². The van der Waals surface area contributed by atoms with Gasteiger partial charge in [-0.3, -0.25) is 9.78 Å². The molecule has 5 heteroatoms. The number of pyridine rings is 1. The molecule has 1 atom stereocenters. The summed E-state index contributed by atoms with van der Waals surface area (Å²) in [7, 11) is 1.50. The number of carbonyl (C=O) groups is 1.